The van der Waals surface area contributed by atoms with Crippen LogP contribution in [0.15, 0.2) is 67.1 Å². The highest BCUT2D eigenvalue weighted by atomic mass is 16.5. The van der Waals surface area contributed by atoms with Crippen molar-refractivity contribution in [1.29, 1.82) is 0 Å². The highest BCUT2D eigenvalue weighted by Crippen LogP contribution is 2.39. The zero-order valence-electron chi connectivity index (χ0n) is 20.5. The number of nitrogens with two attached hydrogens (primary N) is 1. The molecule has 36 heavy (non-hydrogen) atoms. The maximum absolute atomic E-state index is 9.86. The average molecular weight is 484 g/mol. The molecule has 6 rings (SSSR count). The van der Waals surface area contributed by atoms with Crippen molar-refractivity contribution in [3.05, 3.63) is 67.1 Å². The molecule has 1 aliphatic carbocycles. The van der Waals surface area contributed by atoms with Crippen molar-refractivity contribution in [3.8, 4) is 22.6 Å². The van der Waals surface area contributed by atoms with E-state index in [1.807, 2.05) is 42.5 Å². The van der Waals surface area contributed by atoms with Crippen molar-refractivity contribution in [1.82, 2.24) is 19.4 Å². The first-order chi connectivity index (χ1) is 17.7. The van der Waals surface area contributed by atoms with E-state index in [0.717, 1.165) is 72.4 Å². The van der Waals surface area contributed by atoms with E-state index in [4.69, 9.17) is 10.5 Å². The van der Waals surface area contributed by atoms with Gasteiger partial charge in [-0.25, -0.2) is 9.97 Å². The summed E-state index contributed by atoms with van der Waals surface area (Å²) in [6.45, 7) is 2.03. The number of piperidine rings is 1. The number of hydrogen-bond acceptors (Lipinski definition) is 6. The predicted octanol–water partition coefficient (Wildman–Crippen LogP) is 5.41. The molecule has 0 unspecified atom stereocenters. The van der Waals surface area contributed by atoms with E-state index in [9.17, 15) is 5.11 Å². The van der Waals surface area contributed by atoms with Crippen LogP contribution in [-0.2, 0) is 0 Å². The topological polar surface area (TPSA) is 89.4 Å². The van der Waals surface area contributed by atoms with Crippen molar-refractivity contribution < 1.29 is 9.84 Å². The Balaban J connectivity index is 1.24. The van der Waals surface area contributed by atoms with Crippen LogP contribution < -0.4 is 10.5 Å². The highest BCUT2D eigenvalue weighted by Gasteiger charge is 2.30. The summed E-state index contributed by atoms with van der Waals surface area (Å²) in [5, 5.41) is 10.8. The number of fused-ring (bicyclic) bond motifs is 1. The molecule has 1 saturated heterocycles. The average Bonchev–Trinajstić information content (AvgIpc) is 3.31. The van der Waals surface area contributed by atoms with E-state index in [1.54, 1.807) is 6.33 Å². The Hall–Kier alpha value is -3.42. The third-order valence-electron chi connectivity index (χ3n) is 7.86. The van der Waals surface area contributed by atoms with Crippen LogP contribution in [0.1, 0.15) is 44.6 Å². The summed E-state index contributed by atoms with van der Waals surface area (Å²) in [6.07, 6.45) is 10.0. The maximum atomic E-state index is 9.86. The molecule has 7 nitrogen and oxygen atoms in total. The Labute approximate surface area is 211 Å². The number of likely N-dealkylation sites (tertiary alicyclic amines) is 1. The fraction of sp³-hybridized carbons (Fsp3) is 0.379. The van der Waals surface area contributed by atoms with Gasteiger partial charge < -0.3 is 25.0 Å². The van der Waals surface area contributed by atoms with Gasteiger partial charge in [-0.3, -0.25) is 0 Å². The summed E-state index contributed by atoms with van der Waals surface area (Å²) < 4.78 is 8.30. The van der Waals surface area contributed by atoms with Crippen LogP contribution in [0, 0.1) is 0 Å². The summed E-state index contributed by atoms with van der Waals surface area (Å²) in [5.74, 6) is 2.12. The molecule has 0 amide bonds. The van der Waals surface area contributed by atoms with Crippen LogP contribution in [0.4, 0.5) is 5.82 Å². The Kier molecular flexibility index (Phi) is 6.34. The van der Waals surface area contributed by atoms with E-state index < -0.39 is 0 Å². The van der Waals surface area contributed by atoms with Gasteiger partial charge in [-0.2, -0.15) is 0 Å². The molecule has 2 aromatic heterocycles. The normalized spacial score (nSPS) is 21.6. The second-order valence-electron chi connectivity index (χ2n) is 10.1. The number of para-hydroxylation sites is 1. The summed E-state index contributed by atoms with van der Waals surface area (Å²) >= 11 is 0. The van der Waals surface area contributed by atoms with Gasteiger partial charge in [0.05, 0.1) is 11.5 Å². The van der Waals surface area contributed by atoms with E-state index in [2.05, 4.69) is 37.8 Å². The standard InChI is InChI=1S/C29H33N5O2/c30-28-27-26(20-6-12-25(13-7-20)36-24-4-2-1-3-5-24)18-34(29(27)32-19-31-28)22-10-8-21(9-11-22)33-16-14-23(35)15-17-33/h1-7,12-13,18-19,21-23,35H,8-11,14-17H2,(H2,30,31,32)/t21-,22-. The largest absolute Gasteiger partial charge is 0.457 e. The van der Waals surface area contributed by atoms with Gasteiger partial charge in [0.2, 0.25) is 0 Å². The molecule has 2 fully saturated rings. The number of nitrogen functional groups attached to an aromatic ring is 1. The maximum Gasteiger partial charge on any atom is 0.146 e. The van der Waals surface area contributed by atoms with Crippen LogP contribution in [0.25, 0.3) is 22.2 Å². The zero-order chi connectivity index (χ0) is 24.5. The number of hydrogen-bond donors (Lipinski definition) is 2. The first-order valence-corrected chi connectivity index (χ1v) is 13.0. The first-order valence-electron chi connectivity index (χ1n) is 13.0. The van der Waals surface area contributed by atoms with Crippen LogP contribution in [0.2, 0.25) is 0 Å². The Morgan fingerprint density at radius 3 is 2.19 bits per heavy atom. The third-order valence-corrected chi connectivity index (χ3v) is 7.86. The summed E-state index contributed by atoms with van der Waals surface area (Å²) in [7, 11) is 0. The zero-order valence-corrected chi connectivity index (χ0v) is 20.5. The number of rotatable bonds is 5. The third kappa shape index (κ3) is 4.56. The number of aromatic nitrogens is 3. The predicted molar refractivity (Wildman–Crippen MR) is 142 cm³/mol. The van der Waals surface area contributed by atoms with Crippen LogP contribution in [0.3, 0.4) is 0 Å². The fourth-order valence-electron chi connectivity index (χ4n) is 5.89. The lowest BCUT2D eigenvalue weighted by Gasteiger charge is -2.40. The number of ether oxygens (including phenoxy) is 1. The number of nitrogens with zero attached hydrogens (tertiary/aromatic N) is 4. The van der Waals surface area contributed by atoms with Crippen molar-refractivity contribution in [2.24, 2.45) is 0 Å². The first kappa shape index (κ1) is 23.0. The van der Waals surface area contributed by atoms with Crippen molar-refractivity contribution in [2.75, 3.05) is 18.8 Å². The van der Waals surface area contributed by atoms with Crippen molar-refractivity contribution in [2.45, 2.75) is 56.7 Å². The molecule has 0 atom stereocenters. The lowest BCUT2D eigenvalue weighted by Crippen LogP contribution is -2.44. The lowest BCUT2D eigenvalue weighted by molar-refractivity contribution is 0.0462. The Bertz CT molecular complexity index is 1310. The minimum absolute atomic E-state index is 0.119. The smallest absolute Gasteiger partial charge is 0.146 e. The number of anilines is 1. The van der Waals surface area contributed by atoms with Crippen LogP contribution >= 0.6 is 0 Å². The fourth-order valence-corrected chi connectivity index (χ4v) is 5.89. The molecule has 7 heteroatoms. The number of aliphatic hydroxyl groups is 1. The number of benzene rings is 2. The molecular weight excluding hydrogens is 450 g/mol. The summed E-state index contributed by atoms with van der Waals surface area (Å²) in [4.78, 5) is 11.6. The quantitative estimate of drug-likeness (QED) is 0.394. The van der Waals surface area contributed by atoms with Gasteiger partial charge >= 0.3 is 0 Å². The molecule has 0 bridgehead atoms. The van der Waals surface area contributed by atoms with E-state index in [1.165, 1.54) is 12.8 Å². The number of aliphatic hydroxyl groups excluding tert-OH is 1. The van der Waals surface area contributed by atoms with Gasteiger partial charge in [-0.1, -0.05) is 30.3 Å². The molecule has 1 saturated carbocycles. The van der Waals surface area contributed by atoms with E-state index >= 15 is 0 Å². The Morgan fingerprint density at radius 1 is 0.806 bits per heavy atom. The van der Waals surface area contributed by atoms with Gasteiger partial charge in [0.15, 0.2) is 0 Å². The molecule has 186 valence electrons. The van der Waals surface area contributed by atoms with Crippen LogP contribution in [0.5, 0.6) is 11.5 Å². The second kappa shape index (κ2) is 9.91. The summed E-state index contributed by atoms with van der Waals surface area (Å²) in [5.41, 5.74) is 9.42. The van der Waals surface area contributed by atoms with Crippen molar-refractivity contribution >= 4 is 16.9 Å². The molecule has 2 aliphatic rings. The second-order valence-corrected chi connectivity index (χ2v) is 10.1. The molecule has 3 heterocycles. The van der Waals surface area contributed by atoms with Gasteiger partial charge in [0.25, 0.3) is 0 Å². The van der Waals surface area contributed by atoms with Gasteiger partial charge in [-0.05, 0) is 68.4 Å². The molecule has 0 radical (unpaired) electrons. The highest BCUT2D eigenvalue weighted by molar-refractivity contribution is 6.00. The SMILES string of the molecule is Nc1ncnc2c1c(-c1ccc(Oc3ccccc3)cc1)cn2[C@H]1CC[C@H](N2CCC(O)CC2)CC1. The van der Waals surface area contributed by atoms with Crippen molar-refractivity contribution in [3.63, 3.8) is 0 Å². The van der Waals surface area contributed by atoms with E-state index in [0.29, 0.717) is 17.9 Å². The monoisotopic (exact) mass is 483 g/mol. The molecule has 0 spiro atoms. The van der Waals surface area contributed by atoms with Gasteiger partial charge in [0, 0.05) is 36.9 Å². The Morgan fingerprint density at radius 2 is 1.47 bits per heavy atom. The van der Waals surface area contributed by atoms with E-state index in [-0.39, 0.29) is 6.10 Å². The van der Waals surface area contributed by atoms with Gasteiger partial charge in [-0.15, -0.1) is 0 Å². The molecule has 3 N–H and O–H groups in total. The lowest BCUT2D eigenvalue weighted by atomic mass is 9.89. The van der Waals surface area contributed by atoms with Crippen LogP contribution in [-0.4, -0.2) is 49.8 Å². The minimum atomic E-state index is -0.119. The molecular formula is C29H33N5O2. The summed E-state index contributed by atoms with van der Waals surface area (Å²) in [6, 6.07) is 18.9. The molecule has 2 aromatic carbocycles. The molecule has 1 aliphatic heterocycles. The minimum Gasteiger partial charge on any atom is -0.457 e. The van der Waals surface area contributed by atoms with Gasteiger partial charge in [0.1, 0.15) is 29.3 Å². The molecule has 4 aromatic rings.